The third-order valence-corrected chi connectivity index (χ3v) is 7.12. The Bertz CT molecular complexity index is 1140. The molecule has 32 heavy (non-hydrogen) atoms. The summed E-state index contributed by atoms with van der Waals surface area (Å²) in [5, 5.41) is 26.4. The number of hydrogen-bond donors (Lipinski definition) is 3. The first-order chi connectivity index (χ1) is 15.4. The standard InChI is InChI=1S/C25H26N4O3/c1-29-21-10-14(2-4-16(21)12-23(29)31)15-3-5-17(22(30)11-15)8-20(13-26)28-25(32)24-18-6-7-19(9-18)27-24/h2-5,10-11,18-20,24,27,30H,6-9,12H2,1H3,(H,28,32)/t18?,19?,20?,24-/m0/s1. The van der Waals surface area contributed by atoms with Crippen molar-refractivity contribution in [2.75, 3.05) is 11.9 Å². The Balaban J connectivity index is 1.29. The van der Waals surface area contributed by atoms with Crippen molar-refractivity contribution in [2.24, 2.45) is 5.92 Å². The molecule has 3 aliphatic rings. The first-order valence-corrected chi connectivity index (χ1v) is 11.1. The van der Waals surface area contributed by atoms with Gasteiger partial charge < -0.3 is 20.6 Å². The van der Waals surface area contributed by atoms with E-state index in [2.05, 4.69) is 16.7 Å². The van der Waals surface area contributed by atoms with Crippen molar-refractivity contribution in [3.8, 4) is 22.9 Å². The number of phenolic OH excluding ortho intramolecular Hbond substituents is 1. The zero-order chi connectivity index (χ0) is 22.4. The number of phenols is 1. The Morgan fingerprint density at radius 3 is 2.75 bits per heavy atom. The largest absolute Gasteiger partial charge is 0.508 e. The van der Waals surface area contributed by atoms with Crippen molar-refractivity contribution in [3.63, 3.8) is 0 Å². The second kappa shape index (κ2) is 7.95. The summed E-state index contributed by atoms with van der Waals surface area (Å²) in [5.74, 6) is 0.380. The number of nitrogens with zero attached hydrogens (tertiary/aromatic N) is 2. The van der Waals surface area contributed by atoms with Crippen molar-refractivity contribution >= 4 is 17.5 Å². The monoisotopic (exact) mass is 430 g/mol. The summed E-state index contributed by atoms with van der Waals surface area (Å²) >= 11 is 0. The van der Waals surface area contributed by atoms with Crippen molar-refractivity contribution in [3.05, 3.63) is 47.5 Å². The first-order valence-electron chi connectivity index (χ1n) is 11.1. The second-order valence-electron chi connectivity index (χ2n) is 9.13. The number of likely N-dealkylation sites (N-methyl/N-ethyl adjacent to an activating group) is 1. The highest BCUT2D eigenvalue weighted by Gasteiger charge is 2.43. The quantitative estimate of drug-likeness (QED) is 0.675. The van der Waals surface area contributed by atoms with E-state index in [1.54, 1.807) is 24.1 Å². The van der Waals surface area contributed by atoms with E-state index in [1.165, 1.54) is 0 Å². The lowest BCUT2D eigenvalue weighted by Gasteiger charge is -2.23. The number of nitriles is 1. The number of aromatic hydroxyl groups is 1. The summed E-state index contributed by atoms with van der Waals surface area (Å²) in [6, 6.07) is 12.8. The van der Waals surface area contributed by atoms with Gasteiger partial charge in [-0.05, 0) is 59.6 Å². The average molecular weight is 431 g/mol. The van der Waals surface area contributed by atoms with E-state index in [9.17, 15) is 20.0 Å². The molecule has 3 N–H and O–H groups in total. The van der Waals surface area contributed by atoms with Crippen molar-refractivity contribution in [1.29, 1.82) is 5.26 Å². The van der Waals surface area contributed by atoms with E-state index in [1.807, 2.05) is 24.3 Å². The minimum absolute atomic E-state index is 0.0700. The number of rotatable bonds is 5. The molecule has 7 heteroatoms. The minimum Gasteiger partial charge on any atom is -0.508 e. The van der Waals surface area contributed by atoms with Crippen LogP contribution in [0.25, 0.3) is 11.1 Å². The van der Waals surface area contributed by atoms with Crippen LogP contribution < -0.4 is 15.5 Å². The van der Waals surface area contributed by atoms with Gasteiger partial charge in [0.1, 0.15) is 11.8 Å². The van der Waals surface area contributed by atoms with E-state index in [0.29, 0.717) is 23.9 Å². The Kier molecular flexibility index (Phi) is 5.10. The highest BCUT2D eigenvalue weighted by molar-refractivity contribution is 6.01. The zero-order valence-corrected chi connectivity index (χ0v) is 18.0. The zero-order valence-electron chi connectivity index (χ0n) is 18.0. The Morgan fingerprint density at radius 2 is 2.06 bits per heavy atom. The smallest absolute Gasteiger partial charge is 0.238 e. The van der Waals surface area contributed by atoms with Crippen LogP contribution in [0.4, 0.5) is 5.69 Å². The predicted octanol–water partition coefficient (Wildman–Crippen LogP) is 2.27. The maximum absolute atomic E-state index is 12.6. The topological polar surface area (TPSA) is 105 Å². The number of benzene rings is 2. The fourth-order valence-corrected chi connectivity index (χ4v) is 5.30. The van der Waals surface area contributed by atoms with Gasteiger partial charge in [-0.25, -0.2) is 0 Å². The van der Waals surface area contributed by atoms with Gasteiger partial charge in [0.15, 0.2) is 0 Å². The number of carbonyl (C=O) groups is 2. The predicted molar refractivity (Wildman–Crippen MR) is 120 cm³/mol. The van der Waals surface area contributed by atoms with Crippen LogP contribution in [0.15, 0.2) is 36.4 Å². The van der Waals surface area contributed by atoms with Crippen LogP contribution in [-0.2, 0) is 22.4 Å². The van der Waals surface area contributed by atoms with E-state index < -0.39 is 6.04 Å². The van der Waals surface area contributed by atoms with Gasteiger partial charge in [-0.15, -0.1) is 0 Å². The molecule has 0 spiro atoms. The number of piperidine rings is 1. The molecule has 2 aromatic rings. The molecule has 1 saturated carbocycles. The Hall–Kier alpha value is -3.37. The van der Waals surface area contributed by atoms with E-state index in [0.717, 1.165) is 41.6 Å². The highest BCUT2D eigenvalue weighted by Crippen LogP contribution is 2.36. The summed E-state index contributed by atoms with van der Waals surface area (Å²) in [6.45, 7) is 0. The van der Waals surface area contributed by atoms with Crippen molar-refractivity contribution < 1.29 is 14.7 Å². The molecule has 2 aromatic carbocycles. The Morgan fingerprint density at radius 1 is 1.28 bits per heavy atom. The van der Waals surface area contributed by atoms with Gasteiger partial charge in [0.25, 0.3) is 0 Å². The van der Waals surface area contributed by atoms with Crippen LogP contribution in [0.2, 0.25) is 0 Å². The van der Waals surface area contributed by atoms with Crippen molar-refractivity contribution in [2.45, 2.75) is 50.2 Å². The lowest BCUT2D eigenvalue weighted by Crippen LogP contribution is -2.50. The molecule has 1 saturated heterocycles. The van der Waals surface area contributed by atoms with E-state index in [4.69, 9.17) is 0 Å². The molecule has 2 bridgehead atoms. The summed E-state index contributed by atoms with van der Waals surface area (Å²) < 4.78 is 0. The fraction of sp³-hybridized carbons (Fsp3) is 0.400. The molecular formula is C25H26N4O3. The van der Waals surface area contributed by atoms with E-state index in [-0.39, 0.29) is 30.0 Å². The van der Waals surface area contributed by atoms with Gasteiger partial charge in [0.05, 0.1) is 18.5 Å². The molecule has 0 radical (unpaired) electrons. The molecule has 0 aromatic heterocycles. The molecule has 2 amide bonds. The number of fused-ring (bicyclic) bond motifs is 3. The third-order valence-electron chi connectivity index (χ3n) is 7.12. The van der Waals surface area contributed by atoms with Crippen molar-refractivity contribution in [1.82, 2.24) is 10.6 Å². The summed E-state index contributed by atoms with van der Waals surface area (Å²) in [6.07, 6.45) is 3.85. The summed E-state index contributed by atoms with van der Waals surface area (Å²) in [4.78, 5) is 26.2. The van der Waals surface area contributed by atoms with Crippen LogP contribution in [0.3, 0.4) is 0 Å². The molecule has 2 aliphatic heterocycles. The number of amides is 2. The number of carbonyl (C=O) groups excluding carboxylic acids is 2. The molecule has 4 atom stereocenters. The first kappa shape index (κ1) is 20.5. The molecule has 164 valence electrons. The van der Waals surface area contributed by atoms with Crippen LogP contribution in [0, 0.1) is 17.2 Å². The average Bonchev–Trinajstić information content (AvgIpc) is 3.50. The normalized spacial score (nSPS) is 24.3. The lowest BCUT2D eigenvalue weighted by molar-refractivity contribution is -0.124. The molecule has 1 aliphatic carbocycles. The fourth-order valence-electron chi connectivity index (χ4n) is 5.30. The molecule has 2 heterocycles. The van der Waals surface area contributed by atoms with Gasteiger partial charge in [0.2, 0.25) is 11.8 Å². The van der Waals surface area contributed by atoms with E-state index >= 15 is 0 Å². The van der Waals surface area contributed by atoms with Crippen LogP contribution in [0.1, 0.15) is 30.4 Å². The van der Waals surface area contributed by atoms with Gasteiger partial charge in [-0.1, -0.05) is 24.3 Å². The lowest BCUT2D eigenvalue weighted by atomic mass is 9.97. The molecule has 7 nitrogen and oxygen atoms in total. The maximum atomic E-state index is 12.6. The molecule has 2 fully saturated rings. The van der Waals surface area contributed by atoms with Crippen LogP contribution in [0.5, 0.6) is 5.75 Å². The molecule has 5 rings (SSSR count). The summed E-state index contributed by atoms with van der Waals surface area (Å²) in [7, 11) is 1.76. The highest BCUT2D eigenvalue weighted by atomic mass is 16.3. The number of anilines is 1. The van der Waals surface area contributed by atoms with Gasteiger partial charge in [-0.3, -0.25) is 9.59 Å². The maximum Gasteiger partial charge on any atom is 0.238 e. The number of hydrogen-bond acceptors (Lipinski definition) is 5. The van der Waals surface area contributed by atoms with Crippen LogP contribution in [-0.4, -0.2) is 42.1 Å². The molecular weight excluding hydrogens is 404 g/mol. The minimum atomic E-state index is -0.708. The molecule has 3 unspecified atom stereocenters. The third kappa shape index (κ3) is 3.61. The summed E-state index contributed by atoms with van der Waals surface area (Å²) in [5.41, 5.74) is 4.22. The SMILES string of the molecule is CN1C(=O)Cc2ccc(-c3ccc(CC(C#N)NC(=O)[C@H]4NC5CCC4C5)c(O)c3)cc21. The second-order valence-corrected chi connectivity index (χ2v) is 9.13. The van der Waals surface area contributed by atoms with Gasteiger partial charge in [0, 0.05) is 25.2 Å². The van der Waals surface area contributed by atoms with Gasteiger partial charge >= 0.3 is 0 Å². The van der Waals surface area contributed by atoms with Gasteiger partial charge in [-0.2, -0.15) is 5.26 Å². The number of nitrogens with one attached hydrogen (secondary N) is 2. The van der Waals surface area contributed by atoms with Crippen LogP contribution >= 0.6 is 0 Å². The Labute approximate surface area is 187 Å².